The number of para-hydroxylation sites is 1. The van der Waals surface area contributed by atoms with E-state index >= 15 is 0 Å². The molecule has 5 rings (SSSR count). The molecule has 1 atom stereocenters. The molecule has 0 bridgehead atoms. The van der Waals surface area contributed by atoms with Crippen molar-refractivity contribution in [1.82, 2.24) is 14.7 Å². The van der Waals surface area contributed by atoms with Gasteiger partial charge in [0.25, 0.3) is 0 Å². The van der Waals surface area contributed by atoms with E-state index in [1.807, 2.05) is 66.7 Å². The first-order chi connectivity index (χ1) is 18.1. The molecule has 6 heteroatoms. The minimum atomic E-state index is -0.808. The first-order valence-corrected chi connectivity index (χ1v) is 13.2. The van der Waals surface area contributed by atoms with Crippen LogP contribution in [0.1, 0.15) is 35.6 Å². The lowest BCUT2D eigenvalue weighted by Gasteiger charge is -2.43. The average molecular weight is 500 g/mol. The van der Waals surface area contributed by atoms with Crippen LogP contribution in [-0.2, 0) is 16.9 Å². The van der Waals surface area contributed by atoms with Gasteiger partial charge in [-0.2, -0.15) is 0 Å². The van der Waals surface area contributed by atoms with Crippen LogP contribution in [0.25, 0.3) is 0 Å². The maximum atomic E-state index is 13.6. The standard InChI is InChI=1S/C31H37N3O3/c1-37-29-15-9-8-12-26(29)22-33-20-21-34(28(23-33)25-10-4-2-5-11-25)30(35)24-32-18-16-31(36,17-19-32)27-13-6-3-7-14-27/h2-15,28,36H,16-24H2,1H3. The molecule has 0 saturated carbocycles. The van der Waals surface area contributed by atoms with Crippen LogP contribution >= 0.6 is 0 Å². The van der Waals surface area contributed by atoms with Crippen molar-refractivity contribution in [2.75, 3.05) is 46.4 Å². The van der Waals surface area contributed by atoms with Crippen molar-refractivity contribution >= 4 is 5.91 Å². The van der Waals surface area contributed by atoms with Gasteiger partial charge in [-0.1, -0.05) is 78.9 Å². The molecule has 6 nitrogen and oxygen atoms in total. The summed E-state index contributed by atoms with van der Waals surface area (Å²) < 4.78 is 5.57. The largest absolute Gasteiger partial charge is 0.496 e. The first-order valence-electron chi connectivity index (χ1n) is 13.2. The highest BCUT2D eigenvalue weighted by atomic mass is 16.5. The van der Waals surface area contributed by atoms with Gasteiger partial charge in [0.05, 0.1) is 25.3 Å². The van der Waals surface area contributed by atoms with E-state index in [9.17, 15) is 9.90 Å². The Morgan fingerprint density at radius 1 is 0.865 bits per heavy atom. The molecule has 37 heavy (non-hydrogen) atoms. The van der Waals surface area contributed by atoms with Gasteiger partial charge in [-0.3, -0.25) is 14.6 Å². The molecule has 2 fully saturated rings. The third-order valence-corrected chi connectivity index (χ3v) is 7.91. The minimum absolute atomic E-state index is 0.00296. The summed E-state index contributed by atoms with van der Waals surface area (Å²) in [7, 11) is 1.71. The molecule has 2 aliphatic rings. The molecule has 2 aliphatic heterocycles. The van der Waals surface area contributed by atoms with Gasteiger partial charge in [0.1, 0.15) is 5.75 Å². The number of hydrogen-bond donors (Lipinski definition) is 1. The Hall–Kier alpha value is -3.19. The minimum Gasteiger partial charge on any atom is -0.496 e. The summed E-state index contributed by atoms with van der Waals surface area (Å²) in [6.07, 6.45) is 1.28. The third kappa shape index (κ3) is 5.87. The third-order valence-electron chi connectivity index (χ3n) is 7.91. The Labute approximate surface area is 220 Å². The van der Waals surface area contributed by atoms with Crippen molar-refractivity contribution in [3.8, 4) is 5.75 Å². The molecular weight excluding hydrogens is 462 g/mol. The molecule has 1 unspecified atom stereocenters. The lowest BCUT2D eigenvalue weighted by atomic mass is 9.84. The summed E-state index contributed by atoms with van der Waals surface area (Å²) >= 11 is 0. The molecule has 2 heterocycles. The van der Waals surface area contributed by atoms with Crippen LogP contribution in [0.2, 0.25) is 0 Å². The van der Waals surface area contributed by atoms with Crippen molar-refractivity contribution in [2.24, 2.45) is 0 Å². The molecular formula is C31H37N3O3. The van der Waals surface area contributed by atoms with E-state index in [2.05, 4.69) is 32.9 Å². The van der Waals surface area contributed by atoms with Crippen LogP contribution in [0.15, 0.2) is 84.9 Å². The molecule has 3 aromatic carbocycles. The van der Waals surface area contributed by atoms with Gasteiger partial charge in [0.15, 0.2) is 0 Å². The van der Waals surface area contributed by atoms with Gasteiger partial charge in [-0.15, -0.1) is 0 Å². The van der Waals surface area contributed by atoms with Crippen LogP contribution < -0.4 is 4.74 Å². The summed E-state index contributed by atoms with van der Waals surface area (Å²) in [5.41, 5.74) is 2.49. The number of rotatable bonds is 7. The van der Waals surface area contributed by atoms with E-state index in [4.69, 9.17) is 4.74 Å². The van der Waals surface area contributed by atoms with Crippen LogP contribution in [-0.4, -0.2) is 72.1 Å². The Morgan fingerprint density at radius 2 is 1.51 bits per heavy atom. The number of carbonyl (C=O) groups excluding carboxylic acids is 1. The number of ether oxygens (including phenoxy) is 1. The Bertz CT molecular complexity index is 1160. The predicted octanol–water partition coefficient (Wildman–Crippen LogP) is 4.06. The number of carbonyl (C=O) groups is 1. The normalized spacial score (nSPS) is 20.5. The second-order valence-electron chi connectivity index (χ2n) is 10.2. The SMILES string of the molecule is COc1ccccc1CN1CCN(C(=O)CN2CCC(O)(c3ccccc3)CC2)C(c2ccccc2)C1. The lowest BCUT2D eigenvalue weighted by Crippen LogP contribution is -2.53. The van der Waals surface area contributed by atoms with Gasteiger partial charge >= 0.3 is 0 Å². The molecule has 194 valence electrons. The summed E-state index contributed by atoms with van der Waals surface area (Å²) in [4.78, 5) is 20.3. The van der Waals surface area contributed by atoms with Crippen LogP contribution in [0, 0.1) is 0 Å². The lowest BCUT2D eigenvalue weighted by molar-refractivity contribution is -0.139. The number of aliphatic hydroxyl groups is 1. The van der Waals surface area contributed by atoms with E-state index in [-0.39, 0.29) is 11.9 Å². The molecule has 2 saturated heterocycles. The number of hydrogen-bond acceptors (Lipinski definition) is 5. The molecule has 0 radical (unpaired) electrons. The fraction of sp³-hybridized carbons (Fsp3) is 0.387. The molecule has 0 aliphatic carbocycles. The topological polar surface area (TPSA) is 56.2 Å². The molecule has 3 aromatic rings. The van der Waals surface area contributed by atoms with Crippen molar-refractivity contribution in [3.05, 3.63) is 102 Å². The van der Waals surface area contributed by atoms with Crippen LogP contribution in [0.5, 0.6) is 5.75 Å². The maximum absolute atomic E-state index is 13.6. The average Bonchev–Trinajstić information content (AvgIpc) is 2.95. The summed E-state index contributed by atoms with van der Waals surface area (Å²) in [6.45, 7) is 4.89. The number of nitrogens with zero attached hydrogens (tertiary/aromatic N) is 3. The molecule has 0 aromatic heterocycles. The van der Waals surface area contributed by atoms with E-state index < -0.39 is 5.60 Å². The van der Waals surface area contributed by atoms with E-state index in [1.165, 1.54) is 0 Å². The number of amides is 1. The van der Waals surface area contributed by atoms with Gasteiger partial charge in [0, 0.05) is 44.8 Å². The number of piperazine rings is 1. The number of methoxy groups -OCH3 is 1. The van der Waals surface area contributed by atoms with Gasteiger partial charge in [-0.25, -0.2) is 0 Å². The second-order valence-corrected chi connectivity index (χ2v) is 10.2. The Kier molecular flexibility index (Phi) is 7.89. The summed E-state index contributed by atoms with van der Waals surface area (Å²) in [5, 5.41) is 11.2. The first kappa shape index (κ1) is 25.5. The zero-order chi connectivity index (χ0) is 25.7. The highest BCUT2D eigenvalue weighted by molar-refractivity contribution is 5.79. The predicted molar refractivity (Wildman–Crippen MR) is 145 cm³/mol. The van der Waals surface area contributed by atoms with Crippen molar-refractivity contribution in [2.45, 2.75) is 31.0 Å². The Morgan fingerprint density at radius 3 is 2.22 bits per heavy atom. The second kappa shape index (κ2) is 11.5. The molecule has 1 N–H and O–H groups in total. The van der Waals surface area contributed by atoms with Gasteiger partial charge in [0.2, 0.25) is 5.91 Å². The zero-order valence-electron chi connectivity index (χ0n) is 21.6. The summed E-state index contributed by atoms with van der Waals surface area (Å²) in [6, 6.07) is 28.4. The van der Waals surface area contributed by atoms with Crippen LogP contribution in [0.3, 0.4) is 0 Å². The molecule has 1 amide bonds. The molecule has 0 spiro atoms. The van der Waals surface area contributed by atoms with Crippen molar-refractivity contribution in [3.63, 3.8) is 0 Å². The van der Waals surface area contributed by atoms with Crippen LogP contribution in [0.4, 0.5) is 0 Å². The smallest absolute Gasteiger partial charge is 0.237 e. The van der Waals surface area contributed by atoms with Crippen molar-refractivity contribution < 1.29 is 14.6 Å². The zero-order valence-corrected chi connectivity index (χ0v) is 21.6. The number of benzene rings is 3. The van der Waals surface area contributed by atoms with Gasteiger partial charge in [-0.05, 0) is 30.0 Å². The quantitative estimate of drug-likeness (QED) is 0.531. The van der Waals surface area contributed by atoms with Crippen molar-refractivity contribution in [1.29, 1.82) is 0 Å². The number of likely N-dealkylation sites (tertiary alicyclic amines) is 1. The van der Waals surface area contributed by atoms with E-state index in [0.717, 1.165) is 42.1 Å². The summed E-state index contributed by atoms with van der Waals surface area (Å²) in [5.74, 6) is 1.06. The Balaban J connectivity index is 1.25. The fourth-order valence-electron chi connectivity index (χ4n) is 5.72. The van der Waals surface area contributed by atoms with Gasteiger partial charge < -0.3 is 14.7 Å². The van der Waals surface area contributed by atoms with E-state index in [1.54, 1.807) is 7.11 Å². The maximum Gasteiger partial charge on any atom is 0.237 e. The highest BCUT2D eigenvalue weighted by Crippen LogP contribution is 2.33. The highest BCUT2D eigenvalue weighted by Gasteiger charge is 2.36. The van der Waals surface area contributed by atoms with E-state index in [0.29, 0.717) is 39.0 Å². The number of piperidine rings is 1. The fourth-order valence-corrected chi connectivity index (χ4v) is 5.72. The monoisotopic (exact) mass is 499 g/mol.